The van der Waals surface area contributed by atoms with Gasteiger partial charge in [0.25, 0.3) is 0 Å². The molecule has 0 aromatic carbocycles. The highest BCUT2D eigenvalue weighted by Crippen LogP contribution is 2.14. The van der Waals surface area contributed by atoms with Crippen molar-refractivity contribution in [1.29, 1.82) is 0 Å². The molecule has 5 heteroatoms. The average Bonchev–Trinajstić information content (AvgIpc) is 2.36. The Labute approximate surface area is 114 Å². The van der Waals surface area contributed by atoms with Crippen LogP contribution in [0.5, 0.6) is 5.88 Å². The number of nitrogens with zero attached hydrogens (tertiary/aromatic N) is 2. The van der Waals surface area contributed by atoms with Crippen LogP contribution in [0.4, 0.5) is 5.95 Å². The molecule has 0 spiro atoms. The number of rotatable bonds is 5. The Morgan fingerprint density at radius 3 is 2.95 bits per heavy atom. The molecule has 1 aliphatic rings. The molecule has 1 aliphatic heterocycles. The van der Waals surface area contributed by atoms with Crippen LogP contribution in [0.2, 0.25) is 0 Å². The highest BCUT2D eigenvalue weighted by molar-refractivity contribution is 5.33. The maximum absolute atomic E-state index is 5.61. The zero-order chi connectivity index (χ0) is 13.7. The predicted molar refractivity (Wildman–Crippen MR) is 76.6 cm³/mol. The molecule has 1 aromatic rings. The van der Waals surface area contributed by atoms with Crippen molar-refractivity contribution in [2.24, 2.45) is 0 Å². The van der Waals surface area contributed by atoms with E-state index < -0.39 is 0 Å². The molecule has 1 aromatic heterocycles. The molecule has 0 bridgehead atoms. The normalized spacial score (nSPS) is 15.3. The highest BCUT2D eigenvalue weighted by atomic mass is 16.5. The lowest BCUT2D eigenvalue weighted by molar-refractivity contribution is 0.232. The molecule has 19 heavy (non-hydrogen) atoms. The van der Waals surface area contributed by atoms with E-state index in [0.29, 0.717) is 11.8 Å². The van der Waals surface area contributed by atoms with E-state index in [1.165, 1.54) is 5.57 Å². The summed E-state index contributed by atoms with van der Waals surface area (Å²) in [4.78, 5) is 8.75. The molecule has 0 saturated carbocycles. The van der Waals surface area contributed by atoms with Crippen molar-refractivity contribution in [1.82, 2.24) is 15.3 Å². The summed E-state index contributed by atoms with van der Waals surface area (Å²) in [5.41, 5.74) is 2.31. The van der Waals surface area contributed by atoms with Crippen molar-refractivity contribution in [2.75, 3.05) is 25.0 Å². The molecule has 0 saturated heterocycles. The van der Waals surface area contributed by atoms with E-state index in [-0.39, 0.29) is 6.10 Å². The Morgan fingerprint density at radius 1 is 1.42 bits per heavy atom. The van der Waals surface area contributed by atoms with E-state index in [1.807, 2.05) is 26.8 Å². The fraction of sp³-hybridized carbons (Fsp3) is 0.571. The van der Waals surface area contributed by atoms with Gasteiger partial charge in [0.2, 0.25) is 11.8 Å². The summed E-state index contributed by atoms with van der Waals surface area (Å²) in [6.07, 6.45) is 3.42. The van der Waals surface area contributed by atoms with Gasteiger partial charge in [0.1, 0.15) is 0 Å². The molecule has 0 aliphatic carbocycles. The van der Waals surface area contributed by atoms with Crippen LogP contribution in [0, 0.1) is 6.92 Å². The monoisotopic (exact) mass is 262 g/mol. The minimum Gasteiger partial charge on any atom is -0.475 e. The third kappa shape index (κ3) is 4.52. The van der Waals surface area contributed by atoms with E-state index in [9.17, 15) is 0 Å². The lowest BCUT2D eigenvalue weighted by atomic mass is 10.1. The topological polar surface area (TPSA) is 59.1 Å². The number of aromatic nitrogens is 2. The van der Waals surface area contributed by atoms with Crippen LogP contribution in [0.1, 0.15) is 26.0 Å². The molecular formula is C14H22N4O. The predicted octanol–water partition coefficient (Wildman–Crippen LogP) is 1.90. The zero-order valence-electron chi connectivity index (χ0n) is 11.9. The van der Waals surface area contributed by atoms with Crippen molar-refractivity contribution in [2.45, 2.75) is 33.3 Å². The van der Waals surface area contributed by atoms with Crippen molar-refractivity contribution in [3.8, 4) is 5.88 Å². The van der Waals surface area contributed by atoms with Crippen molar-refractivity contribution < 1.29 is 4.74 Å². The molecule has 0 fully saturated rings. The van der Waals surface area contributed by atoms with Crippen molar-refractivity contribution in [3.05, 3.63) is 23.4 Å². The third-order valence-electron chi connectivity index (χ3n) is 2.82. The van der Waals surface area contributed by atoms with Gasteiger partial charge in [-0.05, 0) is 33.7 Å². The van der Waals surface area contributed by atoms with Gasteiger partial charge in [0.05, 0.1) is 6.10 Å². The second-order valence-electron chi connectivity index (χ2n) is 5.01. The first-order valence-corrected chi connectivity index (χ1v) is 6.78. The molecule has 0 radical (unpaired) electrons. The fourth-order valence-electron chi connectivity index (χ4n) is 1.94. The first kappa shape index (κ1) is 13.8. The van der Waals surface area contributed by atoms with Gasteiger partial charge in [-0.15, -0.1) is 0 Å². The second kappa shape index (κ2) is 6.52. The number of aryl methyl sites for hydroxylation is 1. The summed E-state index contributed by atoms with van der Waals surface area (Å²) in [7, 11) is 0. The summed E-state index contributed by atoms with van der Waals surface area (Å²) in [5.74, 6) is 1.26. The molecule has 0 unspecified atom stereocenters. The van der Waals surface area contributed by atoms with Crippen LogP contribution < -0.4 is 15.4 Å². The summed E-state index contributed by atoms with van der Waals surface area (Å²) in [5, 5.41) is 6.57. The van der Waals surface area contributed by atoms with Crippen LogP contribution in [-0.4, -0.2) is 35.7 Å². The summed E-state index contributed by atoms with van der Waals surface area (Å²) in [6.45, 7) is 8.72. The van der Waals surface area contributed by atoms with E-state index in [1.54, 1.807) is 0 Å². The number of anilines is 1. The lowest BCUT2D eigenvalue weighted by Crippen LogP contribution is -2.23. The maximum Gasteiger partial charge on any atom is 0.226 e. The Bertz CT molecular complexity index is 457. The summed E-state index contributed by atoms with van der Waals surface area (Å²) in [6, 6.07) is 1.86. The van der Waals surface area contributed by atoms with E-state index >= 15 is 0 Å². The quantitative estimate of drug-likeness (QED) is 0.794. The van der Waals surface area contributed by atoms with E-state index in [4.69, 9.17) is 4.74 Å². The lowest BCUT2D eigenvalue weighted by Gasteiger charge is -2.15. The van der Waals surface area contributed by atoms with Crippen LogP contribution >= 0.6 is 0 Å². The average molecular weight is 262 g/mol. The molecule has 0 amide bonds. The van der Waals surface area contributed by atoms with Gasteiger partial charge >= 0.3 is 0 Å². The van der Waals surface area contributed by atoms with Crippen LogP contribution in [0.15, 0.2) is 17.7 Å². The standard InChI is InChI=1S/C14H22N4O/c1-10(2)19-13-8-11(3)17-14(18-13)16-9-12-4-6-15-7-5-12/h4,8,10,15H,5-7,9H2,1-3H3,(H,16,17,18). The van der Waals surface area contributed by atoms with Crippen LogP contribution in [-0.2, 0) is 0 Å². The summed E-state index contributed by atoms with van der Waals surface area (Å²) >= 11 is 0. The minimum absolute atomic E-state index is 0.120. The molecule has 104 valence electrons. The first-order chi connectivity index (χ1) is 9.13. The van der Waals surface area contributed by atoms with E-state index in [0.717, 1.165) is 31.7 Å². The van der Waals surface area contributed by atoms with E-state index in [2.05, 4.69) is 26.7 Å². The van der Waals surface area contributed by atoms with Gasteiger partial charge in [-0.25, -0.2) is 4.98 Å². The Hall–Kier alpha value is -1.62. The molecule has 2 heterocycles. The number of hydrogen-bond donors (Lipinski definition) is 2. The zero-order valence-corrected chi connectivity index (χ0v) is 11.9. The molecular weight excluding hydrogens is 240 g/mol. The van der Waals surface area contributed by atoms with Crippen molar-refractivity contribution in [3.63, 3.8) is 0 Å². The smallest absolute Gasteiger partial charge is 0.226 e. The Balaban J connectivity index is 1.99. The third-order valence-corrected chi connectivity index (χ3v) is 2.82. The van der Waals surface area contributed by atoms with Crippen molar-refractivity contribution >= 4 is 5.95 Å². The number of hydrogen-bond acceptors (Lipinski definition) is 5. The van der Waals surface area contributed by atoms with Gasteiger partial charge in [0.15, 0.2) is 0 Å². The second-order valence-corrected chi connectivity index (χ2v) is 5.01. The van der Waals surface area contributed by atoms with Gasteiger partial charge < -0.3 is 15.4 Å². The van der Waals surface area contributed by atoms with Gasteiger partial charge in [-0.1, -0.05) is 11.6 Å². The van der Waals surface area contributed by atoms with Crippen LogP contribution in [0.25, 0.3) is 0 Å². The SMILES string of the molecule is Cc1cc(OC(C)C)nc(NCC2=CCNCC2)n1. The highest BCUT2D eigenvalue weighted by Gasteiger charge is 2.07. The molecule has 2 N–H and O–H groups in total. The van der Waals surface area contributed by atoms with Gasteiger partial charge in [-0.3, -0.25) is 0 Å². The summed E-state index contributed by atoms with van der Waals surface area (Å²) < 4.78 is 5.61. The minimum atomic E-state index is 0.120. The molecule has 2 rings (SSSR count). The number of ether oxygens (including phenoxy) is 1. The maximum atomic E-state index is 5.61. The van der Waals surface area contributed by atoms with Gasteiger partial charge in [-0.2, -0.15) is 4.98 Å². The first-order valence-electron chi connectivity index (χ1n) is 6.78. The van der Waals surface area contributed by atoms with Gasteiger partial charge in [0, 0.05) is 24.8 Å². The largest absolute Gasteiger partial charge is 0.475 e. The fourth-order valence-corrected chi connectivity index (χ4v) is 1.94. The molecule has 5 nitrogen and oxygen atoms in total. The Kier molecular flexibility index (Phi) is 4.74. The van der Waals surface area contributed by atoms with Crippen LogP contribution in [0.3, 0.4) is 0 Å². The molecule has 0 atom stereocenters. The Morgan fingerprint density at radius 2 is 2.26 bits per heavy atom. The number of nitrogens with one attached hydrogen (secondary N) is 2.